The van der Waals surface area contributed by atoms with E-state index in [-0.39, 0.29) is 5.56 Å². The van der Waals surface area contributed by atoms with Gasteiger partial charge in [-0.15, -0.1) is 0 Å². The zero-order valence-corrected chi connectivity index (χ0v) is 15.2. The van der Waals surface area contributed by atoms with E-state index in [0.29, 0.717) is 15.8 Å². The molecule has 24 heavy (non-hydrogen) atoms. The molecule has 0 fully saturated rings. The number of sulfonamides is 1. The van der Waals surface area contributed by atoms with Crippen molar-refractivity contribution in [1.29, 1.82) is 0 Å². The Labute approximate surface area is 147 Å². The Balaban J connectivity index is 1.78. The number of hydrogen-bond acceptors (Lipinski definition) is 3. The summed E-state index contributed by atoms with van der Waals surface area (Å²) in [4.78, 5) is 0. The minimum Gasteiger partial charge on any atom is -0.459 e. The second kappa shape index (κ2) is 6.66. The lowest BCUT2D eigenvalue weighted by Gasteiger charge is -2.12. The Bertz CT molecular complexity index is 951. The van der Waals surface area contributed by atoms with Crippen LogP contribution in [0.5, 0.6) is 0 Å². The van der Waals surface area contributed by atoms with E-state index in [0.717, 1.165) is 5.39 Å². The number of para-hydroxylation sites is 1. The fourth-order valence-electron chi connectivity index (χ4n) is 2.43. The molecule has 1 atom stereocenters. The van der Waals surface area contributed by atoms with Crippen molar-refractivity contribution < 1.29 is 17.2 Å². The molecule has 0 saturated heterocycles. The fourth-order valence-corrected chi connectivity index (χ4v) is 4.14. The maximum absolute atomic E-state index is 13.8. The van der Waals surface area contributed by atoms with Crippen molar-refractivity contribution in [1.82, 2.24) is 4.72 Å². The van der Waals surface area contributed by atoms with Crippen molar-refractivity contribution in [2.45, 2.75) is 18.7 Å². The van der Waals surface area contributed by atoms with Crippen molar-refractivity contribution in [3.63, 3.8) is 0 Å². The topological polar surface area (TPSA) is 59.3 Å². The van der Waals surface area contributed by atoms with Gasteiger partial charge in [0.15, 0.2) is 0 Å². The number of halogens is 2. The number of nitrogens with one attached hydrogen (secondary N) is 1. The summed E-state index contributed by atoms with van der Waals surface area (Å²) in [7, 11) is -3.72. The monoisotopic (exact) mass is 411 g/mol. The SMILES string of the molecule is C[C@@H](NS(=O)(=O)Cc1ccc(Br)cc1F)c1cc2ccccc2o1. The summed E-state index contributed by atoms with van der Waals surface area (Å²) in [5.41, 5.74) is 0.806. The Morgan fingerprint density at radius 2 is 1.96 bits per heavy atom. The summed E-state index contributed by atoms with van der Waals surface area (Å²) in [6, 6.07) is 13.0. The largest absolute Gasteiger partial charge is 0.459 e. The molecule has 7 heteroatoms. The van der Waals surface area contributed by atoms with E-state index in [9.17, 15) is 12.8 Å². The van der Waals surface area contributed by atoms with Crippen LogP contribution in [0.25, 0.3) is 11.0 Å². The maximum atomic E-state index is 13.8. The summed E-state index contributed by atoms with van der Waals surface area (Å²) in [6.45, 7) is 1.69. The molecule has 0 radical (unpaired) electrons. The highest BCUT2D eigenvalue weighted by atomic mass is 79.9. The standard InChI is InChI=1S/C17H15BrFNO3S/c1-11(17-8-12-4-2-3-5-16(12)23-17)20-24(21,22)10-13-6-7-14(18)9-15(13)19/h2-9,11,20H,10H2,1H3/t11-/m1/s1. The van der Waals surface area contributed by atoms with Crippen LogP contribution in [0.15, 0.2) is 57.4 Å². The molecular weight excluding hydrogens is 397 g/mol. The first kappa shape index (κ1) is 17.1. The van der Waals surface area contributed by atoms with Crippen LogP contribution in [0.3, 0.4) is 0 Å². The predicted molar refractivity (Wildman–Crippen MR) is 94.5 cm³/mol. The fraction of sp³-hybridized carbons (Fsp3) is 0.176. The van der Waals surface area contributed by atoms with Crippen LogP contribution in [0, 0.1) is 5.82 Å². The van der Waals surface area contributed by atoms with Gasteiger partial charge in [-0.05, 0) is 31.2 Å². The van der Waals surface area contributed by atoms with E-state index in [4.69, 9.17) is 4.42 Å². The smallest absolute Gasteiger partial charge is 0.216 e. The zero-order chi connectivity index (χ0) is 17.3. The molecular formula is C17H15BrFNO3S. The molecule has 0 aliphatic heterocycles. The third kappa shape index (κ3) is 3.85. The van der Waals surface area contributed by atoms with Crippen LogP contribution in [0.1, 0.15) is 24.3 Å². The third-order valence-electron chi connectivity index (χ3n) is 3.59. The molecule has 1 heterocycles. The van der Waals surface area contributed by atoms with Gasteiger partial charge in [-0.25, -0.2) is 17.5 Å². The van der Waals surface area contributed by atoms with Crippen molar-refractivity contribution >= 4 is 36.9 Å². The van der Waals surface area contributed by atoms with Crippen LogP contribution in [0.4, 0.5) is 4.39 Å². The van der Waals surface area contributed by atoms with Gasteiger partial charge in [0.1, 0.15) is 17.2 Å². The molecule has 0 aliphatic rings. The lowest BCUT2D eigenvalue weighted by molar-refractivity contribution is 0.484. The van der Waals surface area contributed by atoms with Gasteiger partial charge in [-0.1, -0.05) is 40.2 Å². The number of furan rings is 1. The van der Waals surface area contributed by atoms with Crippen molar-refractivity contribution in [2.75, 3.05) is 0 Å². The number of rotatable bonds is 5. The molecule has 126 valence electrons. The van der Waals surface area contributed by atoms with E-state index in [1.165, 1.54) is 12.1 Å². The molecule has 1 aromatic heterocycles. The van der Waals surface area contributed by atoms with Crippen LogP contribution in [0.2, 0.25) is 0 Å². The first-order valence-electron chi connectivity index (χ1n) is 7.26. The van der Waals surface area contributed by atoms with Gasteiger partial charge in [-0.3, -0.25) is 0 Å². The normalized spacial score (nSPS) is 13.3. The Morgan fingerprint density at radius 3 is 2.67 bits per heavy atom. The van der Waals surface area contributed by atoms with E-state index in [1.54, 1.807) is 19.1 Å². The first-order valence-corrected chi connectivity index (χ1v) is 9.71. The van der Waals surface area contributed by atoms with Gasteiger partial charge >= 0.3 is 0 Å². The first-order chi connectivity index (χ1) is 11.3. The highest BCUT2D eigenvalue weighted by Crippen LogP contribution is 2.24. The van der Waals surface area contributed by atoms with Crippen molar-refractivity contribution in [2.24, 2.45) is 0 Å². The molecule has 1 N–H and O–H groups in total. The minimum absolute atomic E-state index is 0.113. The van der Waals surface area contributed by atoms with Gasteiger partial charge in [0, 0.05) is 15.4 Å². The van der Waals surface area contributed by atoms with Gasteiger partial charge in [0.05, 0.1) is 11.8 Å². The zero-order valence-electron chi connectivity index (χ0n) is 12.8. The average Bonchev–Trinajstić information content (AvgIpc) is 2.94. The molecule has 4 nitrogen and oxygen atoms in total. The highest BCUT2D eigenvalue weighted by Gasteiger charge is 2.20. The molecule has 0 amide bonds. The molecule has 3 rings (SSSR count). The van der Waals surface area contributed by atoms with E-state index in [1.807, 2.05) is 24.3 Å². The number of benzene rings is 2. The summed E-state index contributed by atoms with van der Waals surface area (Å²) < 4.78 is 47.2. The Hall–Kier alpha value is -1.70. The van der Waals surface area contributed by atoms with Crippen LogP contribution in [-0.4, -0.2) is 8.42 Å². The third-order valence-corrected chi connectivity index (χ3v) is 5.49. The molecule has 0 saturated carbocycles. The van der Waals surface area contributed by atoms with Crippen LogP contribution < -0.4 is 4.72 Å². The van der Waals surface area contributed by atoms with E-state index >= 15 is 0 Å². The molecule has 3 aromatic rings. The lowest BCUT2D eigenvalue weighted by Crippen LogP contribution is -2.28. The van der Waals surface area contributed by atoms with E-state index < -0.39 is 27.6 Å². The molecule has 0 aliphatic carbocycles. The average molecular weight is 412 g/mol. The lowest BCUT2D eigenvalue weighted by atomic mass is 10.2. The molecule has 0 bridgehead atoms. The van der Waals surface area contributed by atoms with Crippen LogP contribution >= 0.6 is 15.9 Å². The minimum atomic E-state index is -3.72. The molecule has 0 unspecified atom stereocenters. The van der Waals surface area contributed by atoms with Gasteiger partial charge in [-0.2, -0.15) is 0 Å². The summed E-state index contributed by atoms with van der Waals surface area (Å²) in [5, 5.41) is 0.900. The summed E-state index contributed by atoms with van der Waals surface area (Å²) >= 11 is 3.15. The Morgan fingerprint density at radius 1 is 1.21 bits per heavy atom. The van der Waals surface area contributed by atoms with Gasteiger partial charge < -0.3 is 4.42 Å². The number of fused-ring (bicyclic) bond motifs is 1. The predicted octanol–water partition coefficient (Wildman–Crippen LogP) is 4.52. The molecule has 0 spiro atoms. The second-order valence-electron chi connectivity index (χ2n) is 5.52. The maximum Gasteiger partial charge on any atom is 0.216 e. The van der Waals surface area contributed by atoms with Gasteiger partial charge in [0.2, 0.25) is 10.0 Å². The van der Waals surface area contributed by atoms with E-state index in [2.05, 4.69) is 20.7 Å². The van der Waals surface area contributed by atoms with Crippen molar-refractivity contribution in [3.8, 4) is 0 Å². The van der Waals surface area contributed by atoms with Crippen molar-refractivity contribution in [3.05, 3.63) is 70.1 Å². The number of hydrogen-bond donors (Lipinski definition) is 1. The summed E-state index contributed by atoms with van der Waals surface area (Å²) in [5.74, 6) is -0.487. The highest BCUT2D eigenvalue weighted by molar-refractivity contribution is 9.10. The Kier molecular flexibility index (Phi) is 4.76. The van der Waals surface area contributed by atoms with Crippen LogP contribution in [-0.2, 0) is 15.8 Å². The van der Waals surface area contributed by atoms with Gasteiger partial charge in [0.25, 0.3) is 0 Å². The second-order valence-corrected chi connectivity index (χ2v) is 8.19. The quantitative estimate of drug-likeness (QED) is 0.671. The summed E-state index contributed by atoms with van der Waals surface area (Å²) in [6.07, 6.45) is 0. The molecule has 2 aromatic carbocycles.